The monoisotopic (exact) mass is 204 g/mol. The Balaban J connectivity index is 3.31. The fraction of sp³-hybridized carbons (Fsp3) is 0.250. The van der Waals surface area contributed by atoms with Crippen LogP contribution in [-0.2, 0) is 6.42 Å². The van der Waals surface area contributed by atoms with Crippen LogP contribution in [0.1, 0.15) is 17.7 Å². The summed E-state index contributed by atoms with van der Waals surface area (Å²) in [6.45, 7) is 0. The Morgan fingerprint density at radius 3 is 2.57 bits per heavy atom. The Bertz CT molecular complexity index is 384. The molecule has 0 radical (unpaired) electrons. The highest BCUT2D eigenvalue weighted by molar-refractivity contribution is 5.26. The molecule has 0 aliphatic carbocycles. The van der Waals surface area contributed by atoms with E-state index in [0.717, 1.165) is 0 Å². The molecule has 6 heteroatoms. The summed E-state index contributed by atoms with van der Waals surface area (Å²) in [6, 6.07) is 1.54. The van der Waals surface area contributed by atoms with E-state index in [9.17, 15) is 17.6 Å². The second kappa shape index (κ2) is 4.05. The minimum atomic E-state index is -3.18. The summed E-state index contributed by atoms with van der Waals surface area (Å²) in [4.78, 5) is 3.23. The molecule has 0 aromatic carbocycles. The van der Waals surface area contributed by atoms with Crippen LogP contribution in [-0.4, -0.2) is 4.98 Å². The van der Waals surface area contributed by atoms with Crippen molar-refractivity contribution < 1.29 is 17.6 Å². The van der Waals surface area contributed by atoms with Crippen molar-refractivity contribution >= 4 is 0 Å². The molecule has 1 heterocycles. The molecule has 0 N–H and O–H groups in total. The van der Waals surface area contributed by atoms with Gasteiger partial charge >= 0.3 is 0 Å². The van der Waals surface area contributed by atoms with Crippen molar-refractivity contribution in [2.45, 2.75) is 12.8 Å². The molecule has 1 aromatic rings. The van der Waals surface area contributed by atoms with Crippen molar-refractivity contribution in [3.8, 4) is 6.07 Å². The Morgan fingerprint density at radius 2 is 2.07 bits per heavy atom. The van der Waals surface area contributed by atoms with E-state index in [2.05, 4.69) is 4.98 Å². The minimum absolute atomic E-state index is 0.429. The summed E-state index contributed by atoms with van der Waals surface area (Å²) >= 11 is 0. The predicted octanol–water partition coefficient (Wildman–Crippen LogP) is 2.36. The third-order valence-corrected chi connectivity index (χ3v) is 1.56. The maximum atomic E-state index is 12.8. The molecule has 0 aliphatic heterocycles. The van der Waals surface area contributed by atoms with E-state index < -0.39 is 35.7 Å². The van der Waals surface area contributed by atoms with Crippen molar-refractivity contribution in [2.75, 3.05) is 0 Å². The zero-order chi connectivity index (χ0) is 10.7. The number of pyridine rings is 1. The van der Waals surface area contributed by atoms with Crippen molar-refractivity contribution in [1.82, 2.24) is 4.98 Å². The molecular weight excluding hydrogens is 200 g/mol. The van der Waals surface area contributed by atoms with E-state index in [1.807, 2.05) is 0 Å². The molecule has 0 unspecified atom stereocenters. The molecule has 0 bridgehead atoms. The van der Waals surface area contributed by atoms with Gasteiger partial charge in [0.15, 0.2) is 11.6 Å². The van der Waals surface area contributed by atoms with Crippen LogP contribution in [0.2, 0.25) is 0 Å². The summed E-state index contributed by atoms with van der Waals surface area (Å²) in [5.41, 5.74) is -1.56. The Kier molecular flexibility index (Phi) is 3.02. The van der Waals surface area contributed by atoms with Gasteiger partial charge in [0.25, 0.3) is 6.43 Å². The smallest absolute Gasteiger partial charge is 0.256 e. The second-order valence-corrected chi connectivity index (χ2v) is 2.42. The van der Waals surface area contributed by atoms with Crippen molar-refractivity contribution in [1.29, 1.82) is 5.26 Å². The van der Waals surface area contributed by atoms with Crippen LogP contribution in [0.15, 0.2) is 6.20 Å². The van der Waals surface area contributed by atoms with E-state index in [1.165, 1.54) is 0 Å². The van der Waals surface area contributed by atoms with Crippen molar-refractivity contribution in [2.24, 2.45) is 0 Å². The fourth-order valence-corrected chi connectivity index (χ4v) is 0.954. The first-order valence-corrected chi connectivity index (χ1v) is 3.55. The molecule has 1 aromatic heterocycles. The van der Waals surface area contributed by atoms with Gasteiger partial charge in [-0.1, -0.05) is 0 Å². The topological polar surface area (TPSA) is 36.7 Å². The van der Waals surface area contributed by atoms with Crippen LogP contribution in [0.3, 0.4) is 0 Å². The molecule has 14 heavy (non-hydrogen) atoms. The van der Waals surface area contributed by atoms with Crippen molar-refractivity contribution in [3.63, 3.8) is 0 Å². The Hall–Kier alpha value is -1.64. The van der Waals surface area contributed by atoms with Gasteiger partial charge in [-0.3, -0.25) is 4.98 Å². The quantitative estimate of drug-likeness (QED) is 0.693. The van der Waals surface area contributed by atoms with E-state index in [0.29, 0.717) is 6.20 Å². The summed E-state index contributed by atoms with van der Waals surface area (Å²) in [5, 5.41) is 8.24. The molecule has 1 rings (SSSR count). The number of nitrogens with zero attached hydrogens (tertiary/aromatic N) is 2. The number of alkyl halides is 2. The summed E-state index contributed by atoms with van der Waals surface area (Å²) in [5.74, 6) is -3.08. The number of rotatable bonds is 2. The van der Waals surface area contributed by atoms with Gasteiger partial charge in [0.2, 0.25) is 0 Å². The van der Waals surface area contributed by atoms with E-state index in [4.69, 9.17) is 5.26 Å². The normalized spacial score (nSPS) is 10.3. The maximum Gasteiger partial charge on any atom is 0.268 e. The fourth-order valence-electron chi connectivity index (χ4n) is 0.954. The third-order valence-electron chi connectivity index (χ3n) is 1.56. The molecule has 0 fully saturated rings. The van der Waals surface area contributed by atoms with E-state index in [-0.39, 0.29) is 0 Å². The van der Waals surface area contributed by atoms with Gasteiger partial charge in [-0.25, -0.2) is 17.6 Å². The molecule has 2 nitrogen and oxygen atoms in total. The van der Waals surface area contributed by atoms with Gasteiger partial charge in [0.05, 0.1) is 29.9 Å². The summed E-state index contributed by atoms with van der Waals surface area (Å²) in [7, 11) is 0. The largest absolute Gasteiger partial charge is 0.268 e. The van der Waals surface area contributed by atoms with Crippen LogP contribution in [0.25, 0.3) is 0 Å². The molecule has 0 saturated heterocycles. The lowest BCUT2D eigenvalue weighted by molar-refractivity contribution is 0.143. The van der Waals surface area contributed by atoms with Crippen LogP contribution in [0.4, 0.5) is 17.6 Å². The van der Waals surface area contributed by atoms with Crippen LogP contribution in [0, 0.1) is 23.0 Å². The van der Waals surface area contributed by atoms with Crippen LogP contribution in [0.5, 0.6) is 0 Å². The molecule has 0 amide bonds. The first kappa shape index (κ1) is 10.4. The molecule has 0 atom stereocenters. The SMILES string of the molecule is N#CCc1ncc(F)c(F)c1C(F)F. The highest BCUT2D eigenvalue weighted by atomic mass is 19.3. The zero-order valence-electron chi connectivity index (χ0n) is 6.77. The number of nitriles is 1. The number of hydrogen-bond donors (Lipinski definition) is 0. The first-order chi connectivity index (χ1) is 6.57. The van der Waals surface area contributed by atoms with Gasteiger partial charge in [0.1, 0.15) is 0 Å². The molecule has 0 saturated carbocycles. The molecule has 74 valence electrons. The lowest BCUT2D eigenvalue weighted by Gasteiger charge is -2.06. The predicted molar refractivity (Wildman–Crippen MR) is 38.4 cm³/mol. The number of aromatic nitrogens is 1. The van der Waals surface area contributed by atoms with Gasteiger partial charge in [-0.15, -0.1) is 0 Å². The lowest BCUT2D eigenvalue weighted by Crippen LogP contribution is -2.04. The molecular formula is C8H4F4N2. The summed E-state index contributed by atoms with van der Waals surface area (Å²) < 4.78 is 49.8. The second-order valence-electron chi connectivity index (χ2n) is 2.42. The molecule has 0 spiro atoms. The van der Waals surface area contributed by atoms with E-state index in [1.54, 1.807) is 6.07 Å². The van der Waals surface area contributed by atoms with Crippen LogP contribution >= 0.6 is 0 Å². The molecule has 0 aliphatic rings. The lowest BCUT2D eigenvalue weighted by atomic mass is 10.1. The standard InChI is InChI=1S/C8H4F4N2/c9-4-3-14-5(1-2-13)6(7(4)10)8(11)12/h3,8H,1H2. The Labute approximate surface area is 76.8 Å². The van der Waals surface area contributed by atoms with Gasteiger partial charge < -0.3 is 0 Å². The minimum Gasteiger partial charge on any atom is -0.256 e. The van der Waals surface area contributed by atoms with Gasteiger partial charge in [-0.05, 0) is 0 Å². The average molecular weight is 204 g/mol. The average Bonchev–Trinajstić information content (AvgIpc) is 2.11. The maximum absolute atomic E-state index is 12.8. The number of hydrogen-bond acceptors (Lipinski definition) is 2. The highest BCUT2D eigenvalue weighted by Crippen LogP contribution is 2.26. The van der Waals surface area contributed by atoms with Crippen molar-refractivity contribution in [3.05, 3.63) is 29.1 Å². The number of halogens is 4. The zero-order valence-corrected chi connectivity index (χ0v) is 6.77. The van der Waals surface area contributed by atoms with E-state index >= 15 is 0 Å². The first-order valence-electron chi connectivity index (χ1n) is 3.55. The highest BCUT2D eigenvalue weighted by Gasteiger charge is 2.22. The van der Waals surface area contributed by atoms with Gasteiger partial charge in [0, 0.05) is 0 Å². The summed E-state index contributed by atoms with van der Waals surface area (Å²) in [6.07, 6.45) is -3.17. The van der Waals surface area contributed by atoms with Crippen LogP contribution < -0.4 is 0 Å². The third kappa shape index (κ3) is 1.82. The Morgan fingerprint density at radius 1 is 1.43 bits per heavy atom. The van der Waals surface area contributed by atoms with Gasteiger partial charge in [-0.2, -0.15) is 5.26 Å².